The van der Waals surface area contributed by atoms with E-state index >= 15 is 0 Å². The van der Waals surface area contributed by atoms with E-state index in [2.05, 4.69) is 20.0 Å². The molecule has 9 nitrogen and oxygen atoms in total. The summed E-state index contributed by atoms with van der Waals surface area (Å²) < 4.78 is 45.4. The van der Waals surface area contributed by atoms with Gasteiger partial charge in [-0.25, -0.2) is 13.2 Å². The van der Waals surface area contributed by atoms with Crippen molar-refractivity contribution in [2.45, 2.75) is 6.04 Å². The van der Waals surface area contributed by atoms with Crippen molar-refractivity contribution in [3.05, 3.63) is 87.4 Å². The Bertz CT molecular complexity index is 1150. The summed E-state index contributed by atoms with van der Waals surface area (Å²) in [4.78, 5) is 30.0. The Morgan fingerprint density at radius 3 is 2.65 bits per heavy atom. The number of rotatable bonds is 7. The number of amides is 1. The number of hydrogen-bond acceptors (Lipinski definition) is 7. The number of aromatic hydroxyl groups is 1. The van der Waals surface area contributed by atoms with E-state index in [9.17, 15) is 33.2 Å². The average molecular weight is 434 g/mol. The third-order valence-electron chi connectivity index (χ3n) is 4.10. The molecule has 3 aromatic rings. The van der Waals surface area contributed by atoms with Gasteiger partial charge in [-0.15, -0.1) is 0 Å². The smallest absolute Gasteiger partial charge is 0.406 e. The van der Waals surface area contributed by atoms with Crippen molar-refractivity contribution in [2.75, 3.05) is 6.86 Å². The van der Waals surface area contributed by atoms with Gasteiger partial charge in [-0.2, -0.15) is 0 Å². The van der Waals surface area contributed by atoms with Gasteiger partial charge in [0.25, 0.3) is 5.91 Å². The number of nitrogens with one attached hydrogen (secondary N) is 1. The predicted molar refractivity (Wildman–Crippen MR) is 99.1 cm³/mol. The molecule has 0 radical (unpaired) electrons. The molecule has 0 aliphatic heterocycles. The van der Waals surface area contributed by atoms with Crippen molar-refractivity contribution in [1.29, 1.82) is 0 Å². The first kappa shape index (κ1) is 21.5. The molecule has 160 valence electrons. The van der Waals surface area contributed by atoms with Gasteiger partial charge in [-0.1, -0.05) is 6.07 Å². The molecule has 1 aromatic carbocycles. The number of ether oxygens (including phenoxy) is 1. The van der Waals surface area contributed by atoms with E-state index < -0.39 is 58.4 Å². The zero-order valence-electron chi connectivity index (χ0n) is 15.5. The van der Waals surface area contributed by atoms with Crippen LogP contribution in [0, 0.1) is 21.7 Å². The Morgan fingerprint density at radius 2 is 2.00 bits per heavy atom. The number of hydrogen-bond donors (Lipinski definition) is 2. The topological polar surface area (TPSA) is 127 Å². The van der Waals surface area contributed by atoms with Crippen LogP contribution in [0.25, 0.3) is 0 Å². The zero-order valence-corrected chi connectivity index (χ0v) is 15.5. The molecule has 2 N–H and O–H groups in total. The van der Waals surface area contributed by atoms with Gasteiger partial charge in [0.2, 0.25) is 18.3 Å². The van der Waals surface area contributed by atoms with Crippen LogP contribution in [0.2, 0.25) is 0 Å². The summed E-state index contributed by atoms with van der Waals surface area (Å²) in [6.45, 7) is -1.27. The first-order valence-electron chi connectivity index (χ1n) is 8.55. The third-order valence-corrected chi connectivity index (χ3v) is 4.10. The fraction of sp³-hybridized carbons (Fsp3) is 0.105. The van der Waals surface area contributed by atoms with Crippen molar-refractivity contribution < 1.29 is 32.7 Å². The number of carbonyl (C=O) groups is 1. The Hall–Kier alpha value is -4.22. The van der Waals surface area contributed by atoms with Crippen molar-refractivity contribution >= 4 is 11.7 Å². The lowest BCUT2D eigenvalue weighted by molar-refractivity contribution is -0.390. The molecule has 0 aliphatic carbocycles. The summed E-state index contributed by atoms with van der Waals surface area (Å²) in [6, 6.07) is 6.22. The second kappa shape index (κ2) is 9.07. The Labute approximate surface area is 172 Å². The van der Waals surface area contributed by atoms with E-state index in [-0.39, 0.29) is 11.3 Å². The molecular formula is C19H13F3N4O5. The number of pyridine rings is 2. The van der Waals surface area contributed by atoms with Crippen LogP contribution >= 0.6 is 0 Å². The van der Waals surface area contributed by atoms with Gasteiger partial charge in [0, 0.05) is 6.20 Å². The zero-order chi connectivity index (χ0) is 22.5. The number of nitro groups is 1. The van der Waals surface area contributed by atoms with E-state index in [0.29, 0.717) is 0 Å². The second-order valence-electron chi connectivity index (χ2n) is 6.02. The Morgan fingerprint density at radius 1 is 1.23 bits per heavy atom. The number of nitrogens with zero attached hydrogens (tertiary/aromatic N) is 3. The molecule has 2 heterocycles. The van der Waals surface area contributed by atoms with E-state index in [4.69, 9.17) is 0 Å². The van der Waals surface area contributed by atoms with Crippen LogP contribution < -0.4 is 10.1 Å². The summed E-state index contributed by atoms with van der Waals surface area (Å²) in [6.07, 6.45) is 1.25. The lowest BCUT2D eigenvalue weighted by Crippen LogP contribution is -2.31. The lowest BCUT2D eigenvalue weighted by Gasteiger charge is -2.19. The van der Waals surface area contributed by atoms with E-state index in [1.54, 1.807) is 0 Å². The maximum atomic E-state index is 14.4. The highest BCUT2D eigenvalue weighted by Crippen LogP contribution is 2.28. The van der Waals surface area contributed by atoms with Crippen LogP contribution in [0.4, 0.5) is 19.0 Å². The lowest BCUT2D eigenvalue weighted by atomic mass is 10.0. The standard InChI is InChI=1S/C19H13F3N4O5/c20-9-31-15-6-3-10(8-12(15)22)16(17-11(21)2-1-7-23-17)25-19(28)13-4-5-14(27)18(24-13)26(29)30/h1-8,16,27H,9H2,(H,25,28)/t16-/m0/s1. The molecule has 3 rings (SSSR count). The van der Waals surface area contributed by atoms with Gasteiger partial charge < -0.3 is 25.3 Å². The van der Waals surface area contributed by atoms with Crippen LogP contribution in [0.3, 0.4) is 0 Å². The number of benzene rings is 1. The minimum atomic E-state index is -1.34. The highest BCUT2D eigenvalue weighted by atomic mass is 19.1. The summed E-state index contributed by atoms with van der Waals surface area (Å²) in [5, 5.41) is 22.8. The van der Waals surface area contributed by atoms with Gasteiger partial charge in [-0.05, 0) is 51.9 Å². The van der Waals surface area contributed by atoms with Gasteiger partial charge in [0.1, 0.15) is 11.5 Å². The van der Waals surface area contributed by atoms with Gasteiger partial charge in [0.05, 0.1) is 6.04 Å². The molecule has 2 aromatic heterocycles. The summed E-state index contributed by atoms with van der Waals surface area (Å²) in [7, 11) is 0. The number of carbonyl (C=O) groups excluding carboxylic acids is 1. The maximum Gasteiger partial charge on any atom is 0.406 e. The Kier molecular flexibility index (Phi) is 6.29. The van der Waals surface area contributed by atoms with Crippen LogP contribution in [-0.4, -0.2) is 32.8 Å². The molecule has 1 amide bonds. The molecule has 12 heteroatoms. The molecular weight excluding hydrogens is 421 g/mol. The number of halogens is 3. The van der Waals surface area contributed by atoms with Crippen LogP contribution in [-0.2, 0) is 0 Å². The monoisotopic (exact) mass is 434 g/mol. The first-order valence-corrected chi connectivity index (χ1v) is 8.55. The molecule has 0 spiro atoms. The average Bonchev–Trinajstić information content (AvgIpc) is 2.74. The first-order chi connectivity index (χ1) is 14.8. The van der Waals surface area contributed by atoms with Crippen LogP contribution in [0.1, 0.15) is 27.8 Å². The quantitative estimate of drug-likeness (QED) is 0.432. The highest BCUT2D eigenvalue weighted by Gasteiger charge is 2.27. The van der Waals surface area contributed by atoms with Crippen molar-refractivity contribution in [3.63, 3.8) is 0 Å². The van der Waals surface area contributed by atoms with Crippen LogP contribution in [0.5, 0.6) is 11.5 Å². The van der Waals surface area contributed by atoms with Gasteiger partial charge in [0.15, 0.2) is 11.6 Å². The summed E-state index contributed by atoms with van der Waals surface area (Å²) >= 11 is 0. The highest BCUT2D eigenvalue weighted by molar-refractivity contribution is 5.93. The maximum absolute atomic E-state index is 14.4. The molecule has 0 saturated heterocycles. The summed E-state index contributed by atoms with van der Waals surface area (Å²) in [5.74, 6) is -4.87. The van der Waals surface area contributed by atoms with E-state index in [1.807, 2.05) is 0 Å². The molecule has 0 fully saturated rings. The predicted octanol–water partition coefficient (Wildman–Crippen LogP) is 3.19. The molecule has 0 saturated carbocycles. The molecule has 31 heavy (non-hydrogen) atoms. The van der Waals surface area contributed by atoms with Crippen LogP contribution in [0.15, 0.2) is 48.7 Å². The summed E-state index contributed by atoms with van der Waals surface area (Å²) in [5.41, 5.74) is -0.700. The Balaban J connectivity index is 2.01. The fourth-order valence-electron chi connectivity index (χ4n) is 2.70. The molecule has 0 bridgehead atoms. The molecule has 1 atom stereocenters. The normalized spacial score (nSPS) is 11.6. The SMILES string of the molecule is O=C(N[C@@H](c1ccc(OCF)c(F)c1)c1ncccc1F)c1ccc(O)c([N+](=O)[O-])n1. The number of aromatic nitrogens is 2. The van der Waals surface area contributed by atoms with E-state index in [0.717, 1.165) is 30.3 Å². The fourth-order valence-corrected chi connectivity index (χ4v) is 2.70. The van der Waals surface area contributed by atoms with Crippen molar-refractivity contribution in [2.24, 2.45) is 0 Å². The molecule has 0 aliphatic rings. The molecule has 0 unspecified atom stereocenters. The minimum absolute atomic E-state index is 0.0305. The minimum Gasteiger partial charge on any atom is -0.501 e. The largest absolute Gasteiger partial charge is 0.501 e. The van der Waals surface area contributed by atoms with E-state index in [1.165, 1.54) is 18.3 Å². The second-order valence-corrected chi connectivity index (χ2v) is 6.02. The number of alkyl halides is 1. The van der Waals surface area contributed by atoms with Crippen molar-refractivity contribution in [1.82, 2.24) is 15.3 Å². The van der Waals surface area contributed by atoms with Gasteiger partial charge in [-0.3, -0.25) is 9.78 Å². The van der Waals surface area contributed by atoms with Gasteiger partial charge >= 0.3 is 5.82 Å². The van der Waals surface area contributed by atoms with Crippen molar-refractivity contribution in [3.8, 4) is 11.5 Å². The third kappa shape index (κ3) is 4.69.